The lowest BCUT2D eigenvalue weighted by Gasteiger charge is -2.12. The third kappa shape index (κ3) is 7.40. The Balaban J connectivity index is 1.90. The van der Waals surface area contributed by atoms with Crippen LogP contribution in [0, 0.1) is 0 Å². The SMILES string of the molecule is CC(C)Oc1ccc(Br)cc1C=NNC(=O)CC(=O)Nc1ccc(Cl)cc1. The molecule has 0 bridgehead atoms. The maximum atomic E-state index is 11.9. The lowest BCUT2D eigenvalue weighted by molar-refractivity contribution is -0.126. The number of carbonyl (C=O) groups is 2. The lowest BCUT2D eigenvalue weighted by atomic mass is 10.2. The van der Waals surface area contributed by atoms with Gasteiger partial charge < -0.3 is 10.1 Å². The average Bonchev–Trinajstić information content (AvgIpc) is 2.59. The van der Waals surface area contributed by atoms with E-state index in [1.54, 1.807) is 24.3 Å². The number of hydrogen-bond acceptors (Lipinski definition) is 4. The Bertz CT molecular complexity index is 839. The van der Waals surface area contributed by atoms with E-state index in [9.17, 15) is 9.59 Å². The molecule has 0 heterocycles. The number of ether oxygens (including phenoxy) is 1. The van der Waals surface area contributed by atoms with E-state index in [-0.39, 0.29) is 12.5 Å². The summed E-state index contributed by atoms with van der Waals surface area (Å²) in [4.78, 5) is 23.7. The van der Waals surface area contributed by atoms with E-state index < -0.39 is 11.8 Å². The maximum absolute atomic E-state index is 11.9. The van der Waals surface area contributed by atoms with Gasteiger partial charge in [0, 0.05) is 20.7 Å². The summed E-state index contributed by atoms with van der Waals surface area (Å²) in [5, 5.41) is 7.07. The highest BCUT2D eigenvalue weighted by Gasteiger charge is 2.09. The van der Waals surface area contributed by atoms with Crippen LogP contribution in [0.4, 0.5) is 5.69 Å². The number of amides is 2. The van der Waals surface area contributed by atoms with Gasteiger partial charge in [0.25, 0.3) is 0 Å². The van der Waals surface area contributed by atoms with E-state index in [2.05, 4.69) is 31.8 Å². The zero-order chi connectivity index (χ0) is 19.8. The first-order valence-corrected chi connectivity index (χ1v) is 9.34. The van der Waals surface area contributed by atoms with Crippen LogP contribution in [-0.2, 0) is 9.59 Å². The van der Waals surface area contributed by atoms with Crippen molar-refractivity contribution in [3.8, 4) is 5.75 Å². The van der Waals surface area contributed by atoms with Crippen LogP contribution < -0.4 is 15.5 Å². The van der Waals surface area contributed by atoms with E-state index >= 15 is 0 Å². The molecule has 0 radical (unpaired) electrons. The predicted octanol–water partition coefficient (Wildman–Crippen LogP) is 4.37. The number of anilines is 1. The largest absolute Gasteiger partial charge is 0.490 e. The number of halogens is 2. The van der Waals surface area contributed by atoms with E-state index in [1.807, 2.05) is 32.0 Å². The maximum Gasteiger partial charge on any atom is 0.249 e. The zero-order valence-electron chi connectivity index (χ0n) is 14.8. The first kappa shape index (κ1) is 20.9. The molecule has 2 rings (SSSR count). The summed E-state index contributed by atoms with van der Waals surface area (Å²) in [6.07, 6.45) is 1.12. The van der Waals surface area contributed by atoms with Crippen LogP contribution in [0.15, 0.2) is 52.0 Å². The Labute approximate surface area is 171 Å². The van der Waals surface area contributed by atoms with Crippen LogP contribution in [0.5, 0.6) is 5.75 Å². The van der Waals surface area contributed by atoms with Gasteiger partial charge >= 0.3 is 0 Å². The fraction of sp³-hybridized carbons (Fsp3) is 0.211. The Morgan fingerprint density at radius 1 is 1.19 bits per heavy atom. The fourth-order valence-electron chi connectivity index (χ4n) is 2.08. The number of hydrazone groups is 1. The van der Waals surface area contributed by atoms with Gasteiger partial charge in [-0.15, -0.1) is 0 Å². The van der Waals surface area contributed by atoms with Crippen molar-refractivity contribution in [2.45, 2.75) is 26.4 Å². The van der Waals surface area contributed by atoms with Crippen LogP contribution in [0.1, 0.15) is 25.8 Å². The van der Waals surface area contributed by atoms with Crippen LogP contribution in [-0.4, -0.2) is 24.1 Å². The molecule has 2 aromatic rings. The number of benzene rings is 2. The second kappa shape index (κ2) is 10.1. The molecule has 8 heteroatoms. The zero-order valence-corrected chi connectivity index (χ0v) is 17.2. The quantitative estimate of drug-likeness (QED) is 0.372. The molecule has 2 amide bonds. The van der Waals surface area contributed by atoms with Gasteiger partial charge in [0.1, 0.15) is 12.2 Å². The van der Waals surface area contributed by atoms with Gasteiger partial charge in [-0.1, -0.05) is 27.5 Å². The van der Waals surface area contributed by atoms with Gasteiger partial charge in [-0.3, -0.25) is 9.59 Å². The molecule has 2 N–H and O–H groups in total. The Morgan fingerprint density at radius 3 is 2.56 bits per heavy atom. The molecular weight excluding hydrogens is 434 g/mol. The molecule has 0 spiro atoms. The molecule has 0 saturated carbocycles. The Morgan fingerprint density at radius 2 is 1.89 bits per heavy atom. The van der Waals surface area contributed by atoms with Crippen LogP contribution >= 0.6 is 27.5 Å². The minimum absolute atomic E-state index is 0.00415. The van der Waals surface area contributed by atoms with Crippen LogP contribution in [0.3, 0.4) is 0 Å². The molecule has 0 unspecified atom stereocenters. The first-order chi connectivity index (χ1) is 12.8. The Hall–Kier alpha value is -2.38. The predicted molar refractivity (Wildman–Crippen MR) is 110 cm³/mol. The van der Waals surface area contributed by atoms with Crippen LogP contribution in [0.25, 0.3) is 0 Å². The number of carbonyl (C=O) groups excluding carboxylic acids is 2. The van der Waals surface area contributed by atoms with Crippen molar-refractivity contribution in [3.05, 3.63) is 57.5 Å². The smallest absolute Gasteiger partial charge is 0.249 e. The second-order valence-electron chi connectivity index (χ2n) is 5.87. The van der Waals surface area contributed by atoms with Crippen molar-refractivity contribution in [3.63, 3.8) is 0 Å². The van der Waals surface area contributed by atoms with Crippen LogP contribution in [0.2, 0.25) is 5.02 Å². The molecule has 0 aliphatic carbocycles. The number of nitrogens with one attached hydrogen (secondary N) is 2. The molecule has 0 atom stereocenters. The van der Waals surface area contributed by atoms with E-state index in [0.717, 1.165) is 4.47 Å². The molecule has 0 saturated heterocycles. The fourth-order valence-corrected chi connectivity index (χ4v) is 2.58. The number of hydrogen-bond donors (Lipinski definition) is 2. The summed E-state index contributed by atoms with van der Waals surface area (Å²) >= 11 is 9.17. The van der Waals surface area contributed by atoms with Gasteiger partial charge in [-0.25, -0.2) is 5.43 Å². The highest BCUT2D eigenvalue weighted by molar-refractivity contribution is 9.10. The highest BCUT2D eigenvalue weighted by Crippen LogP contribution is 2.22. The molecule has 0 aromatic heterocycles. The monoisotopic (exact) mass is 451 g/mol. The molecule has 6 nitrogen and oxygen atoms in total. The summed E-state index contributed by atoms with van der Waals surface area (Å²) in [6.45, 7) is 3.84. The minimum atomic E-state index is -0.529. The summed E-state index contributed by atoms with van der Waals surface area (Å²) < 4.78 is 6.55. The molecule has 142 valence electrons. The van der Waals surface area contributed by atoms with Gasteiger partial charge in [0.05, 0.1) is 12.3 Å². The average molecular weight is 453 g/mol. The Kier molecular flexibility index (Phi) is 7.82. The molecule has 0 fully saturated rings. The first-order valence-electron chi connectivity index (χ1n) is 8.17. The molecular formula is C19H19BrClN3O3. The second-order valence-corrected chi connectivity index (χ2v) is 7.23. The van der Waals surface area contributed by atoms with Crippen molar-refractivity contribution in [2.24, 2.45) is 5.10 Å². The summed E-state index contributed by atoms with van der Waals surface area (Å²) in [7, 11) is 0. The van der Waals surface area contributed by atoms with Crippen molar-refractivity contribution in [1.29, 1.82) is 0 Å². The molecule has 0 aliphatic heterocycles. The number of rotatable bonds is 7. The normalized spacial score (nSPS) is 10.9. The van der Waals surface area contributed by atoms with E-state index in [1.165, 1.54) is 6.21 Å². The summed E-state index contributed by atoms with van der Waals surface area (Å²) in [6, 6.07) is 12.1. The van der Waals surface area contributed by atoms with Crippen molar-refractivity contribution < 1.29 is 14.3 Å². The third-order valence-electron chi connectivity index (χ3n) is 3.18. The number of nitrogens with zero attached hydrogens (tertiary/aromatic N) is 1. The van der Waals surface area contributed by atoms with Crippen molar-refractivity contribution >= 4 is 51.2 Å². The molecule has 27 heavy (non-hydrogen) atoms. The highest BCUT2D eigenvalue weighted by atomic mass is 79.9. The standard InChI is InChI=1S/C19H19BrClN3O3/c1-12(2)27-17-8-3-14(20)9-13(17)11-22-24-19(26)10-18(25)23-16-6-4-15(21)5-7-16/h3-9,11-12H,10H2,1-2H3,(H,23,25)(H,24,26). The minimum Gasteiger partial charge on any atom is -0.490 e. The third-order valence-corrected chi connectivity index (χ3v) is 3.92. The van der Waals surface area contributed by atoms with Gasteiger partial charge in [0.15, 0.2) is 0 Å². The van der Waals surface area contributed by atoms with Gasteiger partial charge in [0.2, 0.25) is 11.8 Å². The van der Waals surface area contributed by atoms with E-state index in [4.69, 9.17) is 16.3 Å². The topological polar surface area (TPSA) is 79.8 Å². The summed E-state index contributed by atoms with van der Waals surface area (Å²) in [5.74, 6) is -0.331. The van der Waals surface area contributed by atoms with Crippen molar-refractivity contribution in [1.82, 2.24) is 5.43 Å². The van der Waals surface area contributed by atoms with Gasteiger partial charge in [-0.05, 0) is 56.3 Å². The van der Waals surface area contributed by atoms with E-state index in [0.29, 0.717) is 22.0 Å². The van der Waals surface area contributed by atoms with Crippen molar-refractivity contribution in [2.75, 3.05) is 5.32 Å². The summed E-state index contributed by atoms with van der Waals surface area (Å²) in [5.41, 5.74) is 3.59. The van der Waals surface area contributed by atoms with Gasteiger partial charge in [-0.2, -0.15) is 5.10 Å². The molecule has 0 aliphatic rings. The molecule has 2 aromatic carbocycles. The lowest BCUT2D eigenvalue weighted by Crippen LogP contribution is -2.24.